The summed E-state index contributed by atoms with van der Waals surface area (Å²) in [6.45, 7) is 5.10. The Morgan fingerprint density at radius 1 is 1.33 bits per heavy atom. The van der Waals surface area contributed by atoms with Crippen molar-refractivity contribution in [1.29, 1.82) is 0 Å². The maximum absolute atomic E-state index is 11.5. The third-order valence-corrected chi connectivity index (χ3v) is 1.85. The number of carbonyl (C=O) groups is 2. The van der Waals surface area contributed by atoms with Crippen LogP contribution in [-0.4, -0.2) is 17.9 Å². The van der Waals surface area contributed by atoms with Gasteiger partial charge < -0.3 is 4.74 Å². The first kappa shape index (κ1) is 11.2. The molecular formula is C12H12O3. The van der Waals surface area contributed by atoms with Crippen molar-refractivity contribution in [1.82, 2.24) is 0 Å². The average Bonchev–Trinajstić information content (AvgIpc) is 2.29. The minimum atomic E-state index is -0.853. The summed E-state index contributed by atoms with van der Waals surface area (Å²) in [5, 5.41) is 0. The fourth-order valence-electron chi connectivity index (χ4n) is 0.978. The van der Waals surface area contributed by atoms with Crippen LogP contribution in [0.15, 0.2) is 43.0 Å². The van der Waals surface area contributed by atoms with Crippen LogP contribution in [0.3, 0.4) is 0 Å². The predicted octanol–water partition coefficient (Wildman–Crippen LogP) is 1.99. The lowest BCUT2D eigenvalue weighted by molar-refractivity contribution is -0.140. The lowest BCUT2D eigenvalue weighted by atomic mass is 10.1. The maximum atomic E-state index is 11.5. The number of esters is 1. The van der Waals surface area contributed by atoms with E-state index in [1.807, 2.05) is 0 Å². The second kappa shape index (κ2) is 5.10. The molecule has 0 aliphatic rings. The average molecular weight is 204 g/mol. The van der Waals surface area contributed by atoms with Gasteiger partial charge in [-0.3, -0.25) is 4.79 Å². The molecule has 1 unspecified atom stereocenters. The molecule has 0 saturated carbocycles. The molecule has 15 heavy (non-hydrogen) atoms. The lowest BCUT2D eigenvalue weighted by Gasteiger charge is -2.07. The van der Waals surface area contributed by atoms with Crippen LogP contribution in [0, 0.1) is 0 Å². The van der Waals surface area contributed by atoms with Gasteiger partial charge in [0.25, 0.3) is 5.78 Å². The lowest BCUT2D eigenvalue weighted by Crippen LogP contribution is -2.21. The molecule has 1 aromatic rings. The van der Waals surface area contributed by atoms with Gasteiger partial charge in [0.2, 0.25) is 0 Å². The van der Waals surface area contributed by atoms with Crippen LogP contribution in [0.2, 0.25) is 0 Å². The molecule has 1 atom stereocenters. The molecule has 0 bridgehead atoms. The highest BCUT2D eigenvalue weighted by atomic mass is 16.5. The van der Waals surface area contributed by atoms with Crippen molar-refractivity contribution < 1.29 is 14.3 Å². The normalized spacial score (nSPS) is 11.5. The Balaban J connectivity index is 2.70. The zero-order valence-corrected chi connectivity index (χ0v) is 8.47. The Morgan fingerprint density at radius 3 is 2.47 bits per heavy atom. The van der Waals surface area contributed by atoms with Crippen LogP contribution >= 0.6 is 0 Å². The quantitative estimate of drug-likeness (QED) is 0.326. The summed E-state index contributed by atoms with van der Waals surface area (Å²) < 4.78 is 4.81. The molecule has 0 amide bonds. The molecule has 0 aromatic heterocycles. The SMILES string of the molecule is C=CC(C)OC(=O)C(=O)c1ccccc1. The smallest absolute Gasteiger partial charge is 0.380 e. The second-order valence-electron chi connectivity index (χ2n) is 3.04. The first-order valence-electron chi connectivity index (χ1n) is 4.58. The standard InChI is InChI=1S/C12H12O3/c1-3-9(2)15-12(14)11(13)10-7-5-4-6-8-10/h3-9H,1H2,2H3. The highest BCUT2D eigenvalue weighted by molar-refractivity contribution is 6.40. The molecule has 0 radical (unpaired) electrons. The Hall–Kier alpha value is -1.90. The Kier molecular flexibility index (Phi) is 3.80. The van der Waals surface area contributed by atoms with E-state index < -0.39 is 17.9 Å². The number of rotatable bonds is 4. The first-order chi connectivity index (χ1) is 7.15. The molecule has 1 aromatic carbocycles. The number of ether oxygens (including phenoxy) is 1. The third-order valence-electron chi connectivity index (χ3n) is 1.85. The van der Waals surface area contributed by atoms with E-state index in [1.54, 1.807) is 37.3 Å². The zero-order chi connectivity index (χ0) is 11.3. The van der Waals surface area contributed by atoms with Gasteiger partial charge in [0, 0.05) is 5.56 Å². The van der Waals surface area contributed by atoms with E-state index >= 15 is 0 Å². The highest BCUT2D eigenvalue weighted by Crippen LogP contribution is 2.03. The van der Waals surface area contributed by atoms with Crippen LogP contribution in [0.25, 0.3) is 0 Å². The fraction of sp³-hybridized carbons (Fsp3) is 0.167. The number of Topliss-reactive ketones (excluding diaryl/α,β-unsaturated/α-hetero) is 1. The molecule has 3 heteroatoms. The summed E-state index contributed by atoms with van der Waals surface area (Å²) in [4.78, 5) is 22.8. The van der Waals surface area contributed by atoms with Crippen LogP contribution < -0.4 is 0 Å². The van der Waals surface area contributed by atoms with Crippen molar-refractivity contribution in [3.63, 3.8) is 0 Å². The van der Waals surface area contributed by atoms with E-state index in [0.29, 0.717) is 5.56 Å². The Morgan fingerprint density at radius 2 is 1.93 bits per heavy atom. The van der Waals surface area contributed by atoms with E-state index in [1.165, 1.54) is 6.08 Å². The third kappa shape index (κ3) is 3.06. The Labute approximate surface area is 88.4 Å². The van der Waals surface area contributed by atoms with Crippen molar-refractivity contribution in [3.05, 3.63) is 48.6 Å². The predicted molar refractivity (Wildman–Crippen MR) is 56.5 cm³/mol. The molecule has 78 valence electrons. The molecule has 0 N–H and O–H groups in total. The van der Waals surface area contributed by atoms with E-state index in [4.69, 9.17) is 4.74 Å². The minimum absolute atomic E-state index is 0.332. The van der Waals surface area contributed by atoms with Gasteiger partial charge in [-0.2, -0.15) is 0 Å². The first-order valence-corrected chi connectivity index (χ1v) is 4.58. The highest BCUT2D eigenvalue weighted by Gasteiger charge is 2.18. The van der Waals surface area contributed by atoms with Gasteiger partial charge >= 0.3 is 5.97 Å². The van der Waals surface area contributed by atoms with Crippen LogP contribution in [0.4, 0.5) is 0 Å². The van der Waals surface area contributed by atoms with Gasteiger partial charge in [-0.25, -0.2) is 4.79 Å². The van der Waals surface area contributed by atoms with Gasteiger partial charge in [-0.05, 0) is 6.92 Å². The molecule has 0 heterocycles. The fourth-order valence-corrected chi connectivity index (χ4v) is 0.978. The number of benzene rings is 1. The second-order valence-corrected chi connectivity index (χ2v) is 3.04. The van der Waals surface area contributed by atoms with Crippen molar-refractivity contribution >= 4 is 11.8 Å². The van der Waals surface area contributed by atoms with Crippen LogP contribution in [-0.2, 0) is 9.53 Å². The summed E-state index contributed by atoms with van der Waals surface area (Å²) in [6, 6.07) is 8.30. The Bertz CT molecular complexity index is 368. The summed E-state index contributed by atoms with van der Waals surface area (Å²) in [5.41, 5.74) is 0.332. The van der Waals surface area contributed by atoms with E-state index in [9.17, 15) is 9.59 Å². The zero-order valence-electron chi connectivity index (χ0n) is 8.47. The molecule has 0 fully saturated rings. The summed E-state index contributed by atoms with van der Waals surface area (Å²) >= 11 is 0. The molecule has 0 saturated heterocycles. The van der Waals surface area contributed by atoms with E-state index in [-0.39, 0.29) is 0 Å². The number of hydrogen-bond donors (Lipinski definition) is 0. The molecule has 0 spiro atoms. The number of carbonyl (C=O) groups excluding carboxylic acids is 2. The summed E-state index contributed by atoms with van der Waals surface area (Å²) in [7, 11) is 0. The topological polar surface area (TPSA) is 43.4 Å². The molecular weight excluding hydrogens is 192 g/mol. The van der Waals surface area contributed by atoms with Crippen molar-refractivity contribution in [2.75, 3.05) is 0 Å². The number of ketones is 1. The van der Waals surface area contributed by atoms with Crippen molar-refractivity contribution in [2.24, 2.45) is 0 Å². The molecule has 3 nitrogen and oxygen atoms in total. The van der Waals surface area contributed by atoms with Crippen LogP contribution in [0.5, 0.6) is 0 Å². The summed E-state index contributed by atoms with van der Waals surface area (Å²) in [6.07, 6.45) is 1.00. The number of hydrogen-bond acceptors (Lipinski definition) is 3. The van der Waals surface area contributed by atoms with Crippen molar-refractivity contribution in [2.45, 2.75) is 13.0 Å². The van der Waals surface area contributed by atoms with Gasteiger partial charge in [-0.1, -0.05) is 43.0 Å². The van der Waals surface area contributed by atoms with Gasteiger partial charge in [0.1, 0.15) is 6.10 Å². The largest absolute Gasteiger partial charge is 0.452 e. The van der Waals surface area contributed by atoms with Crippen LogP contribution in [0.1, 0.15) is 17.3 Å². The van der Waals surface area contributed by atoms with E-state index in [2.05, 4.69) is 6.58 Å². The van der Waals surface area contributed by atoms with Gasteiger partial charge in [0.15, 0.2) is 0 Å². The molecule has 0 aliphatic carbocycles. The monoisotopic (exact) mass is 204 g/mol. The van der Waals surface area contributed by atoms with Gasteiger partial charge in [-0.15, -0.1) is 0 Å². The van der Waals surface area contributed by atoms with Gasteiger partial charge in [0.05, 0.1) is 0 Å². The van der Waals surface area contributed by atoms with E-state index in [0.717, 1.165) is 0 Å². The maximum Gasteiger partial charge on any atom is 0.380 e. The molecule has 1 rings (SSSR count). The molecule has 0 aliphatic heterocycles. The minimum Gasteiger partial charge on any atom is -0.452 e. The summed E-state index contributed by atoms with van der Waals surface area (Å²) in [5.74, 6) is -1.49. The van der Waals surface area contributed by atoms with Crippen molar-refractivity contribution in [3.8, 4) is 0 Å².